The normalized spacial score (nSPS) is 10.9. The number of aliphatic carboxylic acids is 1. The van der Waals surface area contributed by atoms with Crippen molar-refractivity contribution in [3.05, 3.63) is 95.6 Å². The Morgan fingerprint density at radius 3 is 2.53 bits per heavy atom. The monoisotopic (exact) mass is 503 g/mol. The first-order chi connectivity index (χ1) is 17.5. The number of para-hydroxylation sites is 2. The maximum absolute atomic E-state index is 12.5. The van der Waals surface area contributed by atoms with E-state index < -0.39 is 5.97 Å². The summed E-state index contributed by atoms with van der Waals surface area (Å²) in [7, 11) is 0. The lowest BCUT2D eigenvalue weighted by Gasteiger charge is -2.11. The molecule has 0 aliphatic carbocycles. The minimum Gasteiger partial charge on any atom is -0.491 e. The first kappa shape index (κ1) is 27.1. The topological polar surface area (TPSA) is 75.6 Å². The first-order valence-electron chi connectivity index (χ1n) is 12.2. The Bertz CT molecular complexity index is 1160. The zero-order valence-electron chi connectivity index (χ0n) is 20.6. The Hall–Kier alpha value is -3.51. The lowest BCUT2D eigenvalue weighted by Crippen LogP contribution is -2.10. The average Bonchev–Trinajstić information content (AvgIpc) is 2.87. The highest BCUT2D eigenvalue weighted by atomic mass is 32.2. The van der Waals surface area contributed by atoms with Crippen LogP contribution in [0.3, 0.4) is 0 Å². The molecule has 0 spiro atoms. The molecule has 0 saturated carbocycles. The van der Waals surface area contributed by atoms with Gasteiger partial charge in [-0.1, -0.05) is 48.5 Å². The van der Waals surface area contributed by atoms with Crippen LogP contribution in [0, 0.1) is 6.92 Å². The number of rotatable bonds is 14. The van der Waals surface area contributed by atoms with E-state index in [-0.39, 0.29) is 18.9 Å². The fourth-order valence-corrected chi connectivity index (χ4v) is 4.64. The molecule has 3 rings (SSSR count). The van der Waals surface area contributed by atoms with Crippen molar-refractivity contribution in [3.8, 4) is 5.75 Å². The van der Waals surface area contributed by atoms with Gasteiger partial charge in [0.25, 0.3) is 0 Å². The third-order valence-electron chi connectivity index (χ3n) is 5.56. The first-order valence-corrected chi connectivity index (χ1v) is 13.2. The molecule has 0 heterocycles. The lowest BCUT2D eigenvalue weighted by atomic mass is 10.1. The van der Waals surface area contributed by atoms with E-state index in [1.807, 2.05) is 36.0 Å². The average molecular weight is 504 g/mol. The zero-order chi connectivity index (χ0) is 25.6. The fourth-order valence-electron chi connectivity index (χ4n) is 3.63. The van der Waals surface area contributed by atoms with Crippen molar-refractivity contribution in [2.75, 3.05) is 17.7 Å². The van der Waals surface area contributed by atoms with Gasteiger partial charge in [0.2, 0.25) is 5.91 Å². The minimum absolute atomic E-state index is 0.0438. The van der Waals surface area contributed by atoms with Gasteiger partial charge in [-0.2, -0.15) is 0 Å². The van der Waals surface area contributed by atoms with Crippen LogP contribution < -0.4 is 10.1 Å². The number of anilines is 1. The summed E-state index contributed by atoms with van der Waals surface area (Å²) >= 11 is 1.87. The second-order valence-electron chi connectivity index (χ2n) is 8.47. The van der Waals surface area contributed by atoms with Gasteiger partial charge in [0.05, 0.1) is 12.3 Å². The summed E-state index contributed by atoms with van der Waals surface area (Å²) in [5, 5.41) is 11.6. The number of carbonyl (C=O) groups is 2. The number of carboxylic acids is 1. The van der Waals surface area contributed by atoms with E-state index in [2.05, 4.69) is 54.7 Å². The molecular weight excluding hydrogens is 470 g/mol. The highest BCUT2D eigenvalue weighted by molar-refractivity contribution is 7.99. The third kappa shape index (κ3) is 9.62. The summed E-state index contributed by atoms with van der Waals surface area (Å²) in [5.74, 6) is 0.492. The van der Waals surface area contributed by atoms with Crippen LogP contribution in [-0.4, -0.2) is 29.3 Å². The van der Waals surface area contributed by atoms with Crippen molar-refractivity contribution < 1.29 is 19.4 Å². The second-order valence-corrected chi connectivity index (χ2v) is 9.64. The summed E-state index contributed by atoms with van der Waals surface area (Å²) in [6.07, 6.45) is 7.25. The molecule has 188 valence electrons. The molecular formula is C30H33NO4S. The van der Waals surface area contributed by atoms with Gasteiger partial charge < -0.3 is 15.2 Å². The van der Waals surface area contributed by atoms with E-state index in [1.165, 1.54) is 29.4 Å². The maximum Gasteiger partial charge on any atom is 0.303 e. The predicted molar refractivity (Wildman–Crippen MR) is 148 cm³/mol. The van der Waals surface area contributed by atoms with Crippen molar-refractivity contribution in [1.29, 1.82) is 0 Å². The highest BCUT2D eigenvalue weighted by Crippen LogP contribution is 2.25. The molecule has 1 amide bonds. The molecule has 36 heavy (non-hydrogen) atoms. The molecule has 0 atom stereocenters. The number of aryl methyl sites for hydroxylation is 2. The van der Waals surface area contributed by atoms with Gasteiger partial charge in [-0.15, -0.1) is 11.8 Å². The summed E-state index contributed by atoms with van der Waals surface area (Å²) < 4.78 is 5.65. The molecule has 3 aromatic carbocycles. The molecule has 2 N–H and O–H groups in total. The fraction of sp³-hybridized carbons (Fsp3) is 0.267. The lowest BCUT2D eigenvalue weighted by molar-refractivity contribution is -0.137. The highest BCUT2D eigenvalue weighted by Gasteiger charge is 2.07. The van der Waals surface area contributed by atoms with Crippen LogP contribution in [0.1, 0.15) is 42.4 Å². The molecule has 0 aliphatic heterocycles. The predicted octanol–water partition coefficient (Wildman–Crippen LogP) is 7.01. The molecule has 0 unspecified atom stereocenters. The van der Waals surface area contributed by atoms with Crippen molar-refractivity contribution in [3.63, 3.8) is 0 Å². The maximum atomic E-state index is 12.5. The number of thioether (sulfide) groups is 1. The Balaban J connectivity index is 1.45. The summed E-state index contributed by atoms with van der Waals surface area (Å²) in [5.41, 5.74) is 4.07. The number of carbonyl (C=O) groups excluding carboxylic acids is 1. The van der Waals surface area contributed by atoms with Gasteiger partial charge in [0, 0.05) is 17.4 Å². The van der Waals surface area contributed by atoms with Crippen molar-refractivity contribution in [2.45, 2.75) is 43.9 Å². The van der Waals surface area contributed by atoms with Crippen molar-refractivity contribution in [1.82, 2.24) is 0 Å². The third-order valence-corrected chi connectivity index (χ3v) is 6.64. The zero-order valence-corrected chi connectivity index (χ0v) is 21.4. The Kier molecular flexibility index (Phi) is 11.1. The standard InChI is InChI=1S/C30H33NO4S/c1-23-22-26(36-21-8-7-12-24-10-3-2-4-11-24)18-16-25(23)17-19-29(32)31-27-13-5-6-14-28(27)35-20-9-15-30(33)34/h2-6,10-11,13-14,16-19,22H,7-9,12,15,20-21H2,1H3,(H,31,32)(H,33,34). The largest absolute Gasteiger partial charge is 0.491 e. The second kappa shape index (κ2) is 14.8. The van der Waals surface area contributed by atoms with Crippen LogP contribution >= 0.6 is 11.8 Å². The van der Waals surface area contributed by atoms with E-state index in [9.17, 15) is 9.59 Å². The van der Waals surface area contributed by atoms with E-state index >= 15 is 0 Å². The molecule has 0 radical (unpaired) electrons. The number of hydrogen-bond donors (Lipinski definition) is 2. The Labute approximate surface area is 217 Å². The van der Waals surface area contributed by atoms with Crippen LogP contribution in [0.25, 0.3) is 6.08 Å². The van der Waals surface area contributed by atoms with Gasteiger partial charge in [-0.3, -0.25) is 9.59 Å². The Morgan fingerprint density at radius 1 is 0.972 bits per heavy atom. The molecule has 0 saturated heterocycles. The van der Waals surface area contributed by atoms with E-state index in [1.54, 1.807) is 12.1 Å². The van der Waals surface area contributed by atoms with Crippen molar-refractivity contribution >= 4 is 35.4 Å². The number of unbranched alkanes of at least 4 members (excludes halogenated alkanes) is 1. The van der Waals surface area contributed by atoms with Crippen LogP contribution in [0.5, 0.6) is 5.75 Å². The molecule has 0 aromatic heterocycles. The number of benzene rings is 3. The molecule has 0 fully saturated rings. The molecule has 3 aromatic rings. The van der Waals surface area contributed by atoms with Gasteiger partial charge in [-0.25, -0.2) is 0 Å². The van der Waals surface area contributed by atoms with Gasteiger partial charge in [-0.05, 0) is 85.4 Å². The van der Waals surface area contributed by atoms with Crippen LogP contribution in [-0.2, 0) is 16.0 Å². The van der Waals surface area contributed by atoms with Gasteiger partial charge >= 0.3 is 5.97 Å². The summed E-state index contributed by atoms with van der Waals surface area (Å²) in [6, 6.07) is 24.0. The SMILES string of the molecule is Cc1cc(SCCCCc2ccccc2)ccc1C=CC(=O)Nc1ccccc1OCCCC(=O)O. The number of nitrogens with one attached hydrogen (secondary N) is 1. The van der Waals surface area contributed by atoms with Crippen LogP contribution in [0.4, 0.5) is 5.69 Å². The number of carboxylic acid groups (broad SMARTS) is 1. The van der Waals surface area contributed by atoms with Crippen LogP contribution in [0.2, 0.25) is 0 Å². The molecule has 6 heteroatoms. The number of ether oxygens (including phenoxy) is 1. The summed E-state index contributed by atoms with van der Waals surface area (Å²) in [4.78, 5) is 24.4. The minimum atomic E-state index is -0.855. The van der Waals surface area contributed by atoms with E-state index in [4.69, 9.17) is 9.84 Å². The van der Waals surface area contributed by atoms with Crippen LogP contribution in [0.15, 0.2) is 83.8 Å². The van der Waals surface area contributed by atoms with E-state index in [0.717, 1.165) is 23.3 Å². The van der Waals surface area contributed by atoms with Gasteiger partial charge in [0.15, 0.2) is 0 Å². The molecule has 0 bridgehead atoms. The number of hydrogen-bond acceptors (Lipinski definition) is 4. The quantitative estimate of drug-likeness (QED) is 0.141. The molecule has 5 nitrogen and oxygen atoms in total. The van der Waals surface area contributed by atoms with Crippen molar-refractivity contribution in [2.24, 2.45) is 0 Å². The number of amides is 1. The smallest absolute Gasteiger partial charge is 0.303 e. The summed E-state index contributed by atoms with van der Waals surface area (Å²) in [6.45, 7) is 2.32. The Morgan fingerprint density at radius 2 is 1.75 bits per heavy atom. The van der Waals surface area contributed by atoms with Gasteiger partial charge in [0.1, 0.15) is 5.75 Å². The molecule has 0 aliphatic rings. The van der Waals surface area contributed by atoms with E-state index in [0.29, 0.717) is 17.9 Å².